The molecule has 5 rings (SSSR count). The second kappa shape index (κ2) is 6.58. The quantitative estimate of drug-likeness (QED) is 0.490. The van der Waals surface area contributed by atoms with E-state index in [1.54, 1.807) is 0 Å². The number of carbonyl (C=O) groups excluding carboxylic acids is 1. The summed E-state index contributed by atoms with van der Waals surface area (Å²) in [5, 5.41) is 2.13. The van der Waals surface area contributed by atoms with Gasteiger partial charge in [0.2, 0.25) is 0 Å². The first-order valence-corrected chi connectivity index (χ1v) is 9.58. The zero-order valence-electron chi connectivity index (χ0n) is 15.2. The van der Waals surface area contributed by atoms with Crippen molar-refractivity contribution < 1.29 is 9.53 Å². The predicted molar refractivity (Wildman–Crippen MR) is 109 cm³/mol. The van der Waals surface area contributed by atoms with Crippen molar-refractivity contribution in [2.45, 2.75) is 19.3 Å². The van der Waals surface area contributed by atoms with Crippen LogP contribution in [0.4, 0.5) is 5.69 Å². The Kier molecular flexibility index (Phi) is 3.93. The lowest BCUT2D eigenvalue weighted by atomic mass is 10.1. The number of nitrogens with zero attached hydrogens (tertiary/aromatic N) is 1. The Morgan fingerprint density at radius 1 is 0.852 bits per heavy atom. The summed E-state index contributed by atoms with van der Waals surface area (Å²) >= 11 is 0. The third kappa shape index (κ3) is 2.80. The largest absolute Gasteiger partial charge is 0.422 e. The van der Waals surface area contributed by atoms with E-state index < -0.39 is 0 Å². The molecule has 0 atom stereocenters. The number of benzene rings is 3. The molecule has 134 valence electrons. The highest BCUT2D eigenvalue weighted by atomic mass is 16.5. The normalized spacial score (nSPS) is 15.7. The first-order valence-electron chi connectivity index (χ1n) is 9.58. The average Bonchev–Trinajstić information content (AvgIpc) is 3.38. The molecule has 3 nitrogen and oxygen atoms in total. The smallest absolute Gasteiger partial charge is 0.343 e. The molecule has 3 heteroatoms. The number of hydrogen-bond donors (Lipinski definition) is 0. The lowest BCUT2D eigenvalue weighted by Crippen LogP contribution is -2.18. The lowest BCUT2D eigenvalue weighted by Gasteiger charge is -2.21. The van der Waals surface area contributed by atoms with Crippen molar-refractivity contribution in [2.75, 3.05) is 18.0 Å². The van der Waals surface area contributed by atoms with Crippen LogP contribution in [-0.4, -0.2) is 19.1 Å². The summed E-state index contributed by atoms with van der Waals surface area (Å²) in [6.07, 6.45) is 5.22. The van der Waals surface area contributed by atoms with E-state index in [9.17, 15) is 4.79 Å². The second-order valence-electron chi connectivity index (χ2n) is 7.19. The lowest BCUT2D eigenvalue weighted by molar-refractivity contribution is -0.127. The van der Waals surface area contributed by atoms with E-state index in [4.69, 9.17) is 4.74 Å². The second-order valence-corrected chi connectivity index (χ2v) is 7.19. The van der Waals surface area contributed by atoms with Crippen molar-refractivity contribution >= 4 is 28.0 Å². The van der Waals surface area contributed by atoms with E-state index in [2.05, 4.69) is 23.1 Å². The summed E-state index contributed by atoms with van der Waals surface area (Å²) < 4.78 is 5.86. The Hall–Kier alpha value is -3.07. The number of hydrogen-bond acceptors (Lipinski definition) is 3. The molecule has 0 radical (unpaired) electrons. The summed E-state index contributed by atoms with van der Waals surface area (Å²) in [5.74, 6) is 0.350. The van der Waals surface area contributed by atoms with Gasteiger partial charge in [0.1, 0.15) is 5.75 Å². The van der Waals surface area contributed by atoms with Gasteiger partial charge >= 0.3 is 5.97 Å². The molecule has 3 aromatic rings. The number of allylic oxidation sites excluding steroid dienone is 1. The van der Waals surface area contributed by atoms with Gasteiger partial charge in [0, 0.05) is 29.5 Å². The topological polar surface area (TPSA) is 29.5 Å². The molecule has 0 amide bonds. The molecule has 0 aromatic heterocycles. The molecule has 0 spiro atoms. The van der Waals surface area contributed by atoms with E-state index in [-0.39, 0.29) is 5.97 Å². The first kappa shape index (κ1) is 16.1. The molecule has 1 fully saturated rings. The molecule has 1 aliphatic heterocycles. The average molecular weight is 355 g/mol. The van der Waals surface area contributed by atoms with E-state index >= 15 is 0 Å². The molecule has 0 saturated carbocycles. The van der Waals surface area contributed by atoms with E-state index in [0.717, 1.165) is 35.8 Å². The fourth-order valence-electron chi connectivity index (χ4n) is 4.21. The van der Waals surface area contributed by atoms with E-state index in [1.807, 2.05) is 48.5 Å². The Morgan fingerprint density at radius 2 is 1.59 bits per heavy atom. The number of anilines is 1. The molecule has 2 aliphatic rings. The fraction of sp³-hybridized carbons (Fsp3) is 0.208. The number of fused-ring (bicyclic) bond motifs is 2. The van der Waals surface area contributed by atoms with Crippen LogP contribution in [0.15, 0.2) is 66.7 Å². The highest BCUT2D eigenvalue weighted by Crippen LogP contribution is 2.36. The maximum Gasteiger partial charge on any atom is 0.343 e. The SMILES string of the molecule is O=C(Oc1ccc(N2CCCC2)c2ccccc12)C1=CCc2ccccc21. The summed E-state index contributed by atoms with van der Waals surface area (Å²) in [6.45, 7) is 2.18. The Morgan fingerprint density at radius 3 is 2.44 bits per heavy atom. The van der Waals surface area contributed by atoms with Gasteiger partial charge in [0.25, 0.3) is 0 Å². The monoisotopic (exact) mass is 355 g/mol. The van der Waals surface area contributed by atoms with Crippen LogP contribution in [0, 0.1) is 0 Å². The highest BCUT2D eigenvalue weighted by Gasteiger charge is 2.23. The number of rotatable bonds is 3. The van der Waals surface area contributed by atoms with Crippen molar-refractivity contribution in [1.29, 1.82) is 0 Å². The van der Waals surface area contributed by atoms with E-state index in [0.29, 0.717) is 11.3 Å². The van der Waals surface area contributed by atoms with Gasteiger partial charge in [-0.15, -0.1) is 0 Å². The third-order valence-electron chi connectivity index (χ3n) is 5.56. The van der Waals surface area contributed by atoms with Gasteiger partial charge in [0.05, 0.1) is 5.57 Å². The molecule has 1 aliphatic carbocycles. The Labute approximate surface area is 158 Å². The minimum Gasteiger partial charge on any atom is -0.422 e. The molecule has 0 unspecified atom stereocenters. The minimum atomic E-state index is -0.279. The molecule has 3 aromatic carbocycles. The summed E-state index contributed by atoms with van der Waals surface area (Å²) in [6, 6.07) is 20.2. The molecule has 27 heavy (non-hydrogen) atoms. The summed E-state index contributed by atoms with van der Waals surface area (Å²) in [5.41, 5.74) is 4.06. The molecule has 0 bridgehead atoms. The van der Waals surface area contributed by atoms with Crippen molar-refractivity contribution in [2.24, 2.45) is 0 Å². The number of carbonyl (C=O) groups is 1. The van der Waals surface area contributed by atoms with Gasteiger partial charge in [-0.2, -0.15) is 0 Å². The molecule has 0 N–H and O–H groups in total. The highest BCUT2D eigenvalue weighted by molar-refractivity contribution is 6.19. The predicted octanol–water partition coefficient (Wildman–Crippen LogP) is 4.99. The molecular weight excluding hydrogens is 334 g/mol. The first-order chi connectivity index (χ1) is 13.3. The van der Waals surface area contributed by atoms with Gasteiger partial charge in [0.15, 0.2) is 0 Å². The van der Waals surface area contributed by atoms with Gasteiger partial charge < -0.3 is 9.64 Å². The zero-order valence-corrected chi connectivity index (χ0v) is 15.2. The third-order valence-corrected chi connectivity index (χ3v) is 5.56. The van der Waals surface area contributed by atoms with Crippen LogP contribution in [-0.2, 0) is 11.2 Å². The van der Waals surface area contributed by atoms with Gasteiger partial charge in [-0.1, -0.05) is 54.6 Å². The fourth-order valence-corrected chi connectivity index (χ4v) is 4.21. The molecular formula is C24H21NO2. The van der Waals surface area contributed by atoms with Crippen LogP contribution >= 0.6 is 0 Å². The summed E-state index contributed by atoms with van der Waals surface area (Å²) in [4.78, 5) is 15.3. The maximum absolute atomic E-state index is 12.9. The van der Waals surface area contributed by atoms with Crippen molar-refractivity contribution in [3.8, 4) is 5.75 Å². The van der Waals surface area contributed by atoms with Crippen LogP contribution in [0.25, 0.3) is 16.3 Å². The van der Waals surface area contributed by atoms with Gasteiger partial charge in [-0.3, -0.25) is 0 Å². The van der Waals surface area contributed by atoms with Gasteiger partial charge in [-0.25, -0.2) is 4.79 Å². The number of ether oxygens (including phenoxy) is 1. The Balaban J connectivity index is 1.49. The Bertz CT molecular complexity index is 1060. The minimum absolute atomic E-state index is 0.279. The van der Waals surface area contributed by atoms with Crippen molar-refractivity contribution in [1.82, 2.24) is 0 Å². The van der Waals surface area contributed by atoms with Crippen LogP contribution in [0.1, 0.15) is 24.0 Å². The van der Waals surface area contributed by atoms with Crippen molar-refractivity contribution in [3.63, 3.8) is 0 Å². The maximum atomic E-state index is 12.9. The van der Waals surface area contributed by atoms with Crippen molar-refractivity contribution in [3.05, 3.63) is 77.9 Å². The van der Waals surface area contributed by atoms with Gasteiger partial charge in [-0.05, 0) is 42.5 Å². The van der Waals surface area contributed by atoms with Crippen LogP contribution in [0.3, 0.4) is 0 Å². The van der Waals surface area contributed by atoms with Crippen LogP contribution < -0.4 is 9.64 Å². The standard InChI is InChI=1S/C24H21NO2/c26-24(21-12-11-17-7-1-2-8-18(17)21)27-23-14-13-22(25-15-5-6-16-25)19-9-3-4-10-20(19)23/h1-4,7-10,12-14H,5-6,11,15-16H2. The molecule has 1 heterocycles. The summed E-state index contributed by atoms with van der Waals surface area (Å²) in [7, 11) is 0. The zero-order chi connectivity index (χ0) is 18.2. The van der Waals surface area contributed by atoms with Crippen LogP contribution in [0.5, 0.6) is 5.75 Å². The number of esters is 1. The van der Waals surface area contributed by atoms with Crippen LogP contribution in [0.2, 0.25) is 0 Å². The molecule has 1 saturated heterocycles. The van der Waals surface area contributed by atoms with E-state index in [1.165, 1.54) is 24.1 Å².